The summed E-state index contributed by atoms with van der Waals surface area (Å²) in [5, 5.41) is 6.49. The molecule has 3 atom stereocenters. The largest absolute Gasteiger partial charge is 0.377 e. The minimum Gasteiger partial charge on any atom is -0.377 e. The first-order valence-corrected chi connectivity index (χ1v) is 6.85. The predicted octanol–water partition coefficient (Wildman–Crippen LogP) is 0.137. The molecule has 7 nitrogen and oxygen atoms in total. The number of carbonyl (C=O) groups is 1. The van der Waals surface area contributed by atoms with Crippen molar-refractivity contribution in [2.75, 3.05) is 6.61 Å². The van der Waals surface area contributed by atoms with E-state index in [1.54, 1.807) is 6.92 Å². The molecule has 7 heteroatoms. The van der Waals surface area contributed by atoms with Gasteiger partial charge in [-0.2, -0.15) is 4.98 Å². The number of carbonyl (C=O) groups excluding carboxylic acids is 1. The number of nitrogens with zero attached hydrogens (tertiary/aromatic N) is 2. The Morgan fingerprint density at radius 3 is 2.95 bits per heavy atom. The van der Waals surface area contributed by atoms with E-state index in [0.29, 0.717) is 18.3 Å². The van der Waals surface area contributed by atoms with Crippen molar-refractivity contribution in [1.29, 1.82) is 0 Å². The third kappa shape index (κ3) is 1.63. The van der Waals surface area contributed by atoms with Gasteiger partial charge in [0.1, 0.15) is 5.54 Å². The molecule has 0 aromatic carbocycles. The lowest BCUT2D eigenvalue weighted by atomic mass is 9.48. The maximum Gasteiger partial charge on any atom is 0.246 e. The van der Waals surface area contributed by atoms with Gasteiger partial charge in [-0.25, -0.2) is 0 Å². The Morgan fingerprint density at radius 1 is 1.55 bits per heavy atom. The predicted molar refractivity (Wildman–Crippen MR) is 69.4 cm³/mol. The lowest BCUT2D eigenvalue weighted by Crippen LogP contribution is -2.80. The number of rotatable bonds is 3. The van der Waals surface area contributed by atoms with E-state index >= 15 is 0 Å². The van der Waals surface area contributed by atoms with Crippen LogP contribution in [0, 0.1) is 18.3 Å². The fourth-order valence-corrected chi connectivity index (χ4v) is 3.56. The Hall–Kier alpha value is -1.47. The minimum atomic E-state index is -0.900. The van der Waals surface area contributed by atoms with Gasteiger partial charge in [0, 0.05) is 17.9 Å². The molecule has 1 aliphatic heterocycles. The second-order valence-corrected chi connectivity index (χ2v) is 6.20. The van der Waals surface area contributed by atoms with Crippen LogP contribution < -0.4 is 11.1 Å². The fourth-order valence-electron chi connectivity index (χ4n) is 3.56. The molecule has 1 aliphatic carbocycles. The highest BCUT2D eigenvalue weighted by atomic mass is 16.5. The van der Waals surface area contributed by atoms with Gasteiger partial charge in [0.2, 0.25) is 11.8 Å². The second-order valence-electron chi connectivity index (χ2n) is 6.20. The number of hydrogen-bond acceptors (Lipinski definition) is 6. The van der Waals surface area contributed by atoms with E-state index in [1.165, 1.54) is 0 Å². The molecule has 1 saturated carbocycles. The molecule has 0 radical (unpaired) electrons. The maximum atomic E-state index is 12.5. The molecule has 1 saturated heterocycles. The molecule has 0 spiro atoms. The van der Waals surface area contributed by atoms with E-state index in [-0.39, 0.29) is 29.9 Å². The number of amides is 1. The Labute approximate surface area is 117 Å². The minimum absolute atomic E-state index is 0.0731. The van der Waals surface area contributed by atoms with E-state index in [1.807, 2.05) is 13.8 Å². The zero-order chi connectivity index (χ0) is 14.5. The van der Waals surface area contributed by atoms with Gasteiger partial charge in [0.25, 0.3) is 0 Å². The standard InChI is InChI=1S/C13H20N4O3/c1-7-16-9(20-17-7)6-15-11(18)13(14)8-4-5-19-10(8)12(13,2)3/h8,10H,4-6,14H2,1-3H3,(H,15,18). The summed E-state index contributed by atoms with van der Waals surface area (Å²) in [6.07, 6.45) is 0.904. The van der Waals surface area contributed by atoms with Crippen molar-refractivity contribution in [3.8, 4) is 0 Å². The van der Waals surface area contributed by atoms with Crippen molar-refractivity contribution in [3.63, 3.8) is 0 Å². The van der Waals surface area contributed by atoms with Crippen LogP contribution in [0.15, 0.2) is 4.52 Å². The van der Waals surface area contributed by atoms with Gasteiger partial charge < -0.3 is 20.3 Å². The average molecular weight is 280 g/mol. The Balaban J connectivity index is 1.70. The Kier molecular flexibility index (Phi) is 2.88. The number of ether oxygens (including phenoxy) is 1. The maximum absolute atomic E-state index is 12.5. The molecule has 110 valence electrons. The van der Waals surface area contributed by atoms with E-state index in [2.05, 4.69) is 15.5 Å². The molecule has 3 N–H and O–H groups in total. The summed E-state index contributed by atoms with van der Waals surface area (Å²) < 4.78 is 10.7. The average Bonchev–Trinajstić information content (AvgIpc) is 3.02. The summed E-state index contributed by atoms with van der Waals surface area (Å²) in [4.78, 5) is 16.6. The first kappa shape index (κ1) is 13.5. The van der Waals surface area contributed by atoms with Gasteiger partial charge in [-0.05, 0) is 13.3 Å². The molecule has 1 aromatic rings. The van der Waals surface area contributed by atoms with Crippen LogP contribution in [-0.4, -0.2) is 34.3 Å². The van der Waals surface area contributed by atoms with Crippen molar-refractivity contribution in [1.82, 2.24) is 15.5 Å². The molecular formula is C13H20N4O3. The van der Waals surface area contributed by atoms with E-state index < -0.39 is 5.54 Å². The van der Waals surface area contributed by atoms with Crippen LogP contribution in [0.4, 0.5) is 0 Å². The van der Waals surface area contributed by atoms with Crippen LogP contribution in [0.3, 0.4) is 0 Å². The quantitative estimate of drug-likeness (QED) is 0.816. The van der Waals surface area contributed by atoms with Crippen LogP contribution >= 0.6 is 0 Å². The molecule has 1 amide bonds. The number of nitrogens with one attached hydrogen (secondary N) is 1. The summed E-state index contributed by atoms with van der Waals surface area (Å²) in [6, 6.07) is 0. The molecule has 0 bridgehead atoms. The van der Waals surface area contributed by atoms with Crippen LogP contribution in [0.1, 0.15) is 32.0 Å². The van der Waals surface area contributed by atoms with E-state index in [4.69, 9.17) is 15.0 Å². The molecule has 20 heavy (non-hydrogen) atoms. The molecular weight excluding hydrogens is 260 g/mol. The van der Waals surface area contributed by atoms with E-state index in [9.17, 15) is 4.79 Å². The van der Waals surface area contributed by atoms with Crippen LogP contribution in [0.25, 0.3) is 0 Å². The highest BCUT2D eigenvalue weighted by molar-refractivity contribution is 5.89. The lowest BCUT2D eigenvalue weighted by Gasteiger charge is -2.60. The highest BCUT2D eigenvalue weighted by Crippen LogP contribution is 2.58. The summed E-state index contributed by atoms with van der Waals surface area (Å²) in [5.41, 5.74) is 5.15. The molecule has 1 aromatic heterocycles. The molecule has 3 unspecified atom stereocenters. The monoisotopic (exact) mass is 280 g/mol. The Morgan fingerprint density at radius 2 is 2.30 bits per heavy atom. The van der Waals surface area contributed by atoms with Gasteiger partial charge in [0.15, 0.2) is 5.82 Å². The smallest absolute Gasteiger partial charge is 0.246 e. The van der Waals surface area contributed by atoms with Crippen LogP contribution in [0.2, 0.25) is 0 Å². The summed E-state index contributed by atoms with van der Waals surface area (Å²) in [6.45, 7) is 6.57. The summed E-state index contributed by atoms with van der Waals surface area (Å²) >= 11 is 0. The van der Waals surface area contributed by atoms with Crippen molar-refractivity contribution in [2.45, 2.75) is 45.4 Å². The van der Waals surface area contributed by atoms with Crippen molar-refractivity contribution < 1.29 is 14.1 Å². The molecule has 2 heterocycles. The summed E-state index contributed by atoms with van der Waals surface area (Å²) in [7, 11) is 0. The first-order valence-electron chi connectivity index (χ1n) is 6.85. The van der Waals surface area contributed by atoms with Gasteiger partial charge in [-0.15, -0.1) is 0 Å². The number of aryl methyl sites for hydroxylation is 1. The molecule has 2 aliphatic rings. The van der Waals surface area contributed by atoms with Crippen LogP contribution in [0.5, 0.6) is 0 Å². The highest BCUT2D eigenvalue weighted by Gasteiger charge is 2.71. The van der Waals surface area contributed by atoms with Gasteiger partial charge >= 0.3 is 0 Å². The molecule has 3 rings (SSSR count). The number of fused-ring (bicyclic) bond motifs is 1. The number of hydrogen-bond donors (Lipinski definition) is 2. The third-order valence-corrected chi connectivity index (χ3v) is 4.80. The Bertz CT molecular complexity index is 541. The SMILES string of the molecule is Cc1noc(CNC(=O)C2(N)C3CCOC3C2(C)C)n1. The third-order valence-electron chi connectivity index (χ3n) is 4.80. The number of nitrogens with two attached hydrogens (primary N) is 1. The second kappa shape index (κ2) is 4.26. The lowest BCUT2D eigenvalue weighted by molar-refractivity contribution is -0.175. The zero-order valence-corrected chi connectivity index (χ0v) is 12.0. The fraction of sp³-hybridized carbons (Fsp3) is 0.769. The van der Waals surface area contributed by atoms with Crippen LogP contribution in [-0.2, 0) is 16.1 Å². The normalized spacial score (nSPS) is 34.4. The first-order chi connectivity index (χ1) is 9.37. The topological polar surface area (TPSA) is 103 Å². The van der Waals surface area contributed by atoms with Crippen molar-refractivity contribution >= 4 is 5.91 Å². The summed E-state index contributed by atoms with van der Waals surface area (Å²) in [5.74, 6) is 0.841. The van der Waals surface area contributed by atoms with Crippen molar-refractivity contribution in [2.24, 2.45) is 17.1 Å². The molecule has 2 fully saturated rings. The van der Waals surface area contributed by atoms with Gasteiger partial charge in [-0.3, -0.25) is 4.79 Å². The van der Waals surface area contributed by atoms with Crippen molar-refractivity contribution in [3.05, 3.63) is 11.7 Å². The van der Waals surface area contributed by atoms with E-state index in [0.717, 1.165) is 6.42 Å². The van der Waals surface area contributed by atoms with Gasteiger partial charge in [0.05, 0.1) is 12.6 Å². The van der Waals surface area contributed by atoms with Gasteiger partial charge in [-0.1, -0.05) is 19.0 Å². The number of aromatic nitrogens is 2. The zero-order valence-electron chi connectivity index (χ0n) is 12.0.